The Morgan fingerprint density at radius 3 is 2.70 bits per heavy atom. The number of aromatic nitrogens is 3. The Bertz CT molecular complexity index is 952. The minimum absolute atomic E-state index is 0.501. The standard InChI is InChI=1S/C17H15ClN4S/c1-9-10(2)23-17-15(9)16(12-6-4-5-7-13(12)18)19-8-14-21-20-11(3)22(14)17/h4-7H,8H2,1-3H3. The van der Waals surface area contributed by atoms with Gasteiger partial charge in [0.15, 0.2) is 5.82 Å². The van der Waals surface area contributed by atoms with Gasteiger partial charge in [-0.15, -0.1) is 21.5 Å². The second kappa shape index (κ2) is 5.28. The van der Waals surface area contributed by atoms with Crippen molar-refractivity contribution in [3.63, 3.8) is 0 Å². The second-order valence-corrected chi connectivity index (χ2v) is 7.22. The van der Waals surface area contributed by atoms with E-state index in [1.807, 2.05) is 31.2 Å². The molecule has 0 atom stereocenters. The van der Waals surface area contributed by atoms with E-state index in [0.29, 0.717) is 6.54 Å². The molecule has 0 N–H and O–H groups in total. The maximum Gasteiger partial charge on any atom is 0.160 e. The van der Waals surface area contributed by atoms with Crippen molar-refractivity contribution in [1.82, 2.24) is 14.8 Å². The Kier molecular flexibility index (Phi) is 3.36. The number of rotatable bonds is 1. The van der Waals surface area contributed by atoms with Crippen LogP contribution >= 0.6 is 22.9 Å². The van der Waals surface area contributed by atoms with E-state index in [1.165, 1.54) is 10.4 Å². The van der Waals surface area contributed by atoms with Gasteiger partial charge in [0, 0.05) is 21.0 Å². The minimum atomic E-state index is 0.501. The van der Waals surface area contributed by atoms with E-state index in [9.17, 15) is 0 Å². The summed E-state index contributed by atoms with van der Waals surface area (Å²) in [5, 5.41) is 10.4. The molecule has 0 amide bonds. The van der Waals surface area contributed by atoms with E-state index in [0.717, 1.165) is 38.5 Å². The molecule has 116 valence electrons. The average molecular weight is 343 g/mol. The number of thiophene rings is 1. The summed E-state index contributed by atoms with van der Waals surface area (Å²) in [6.45, 7) is 6.76. The predicted molar refractivity (Wildman–Crippen MR) is 94.2 cm³/mol. The highest BCUT2D eigenvalue weighted by molar-refractivity contribution is 7.15. The molecule has 4 nitrogen and oxygen atoms in total. The lowest BCUT2D eigenvalue weighted by molar-refractivity contribution is 0.869. The molecule has 0 fully saturated rings. The minimum Gasteiger partial charge on any atom is -0.276 e. The quantitative estimate of drug-likeness (QED) is 0.663. The van der Waals surface area contributed by atoms with Crippen LogP contribution in [-0.4, -0.2) is 20.5 Å². The first-order chi connectivity index (χ1) is 11.1. The first-order valence-corrected chi connectivity index (χ1v) is 8.58. The van der Waals surface area contributed by atoms with Gasteiger partial charge >= 0.3 is 0 Å². The maximum atomic E-state index is 6.44. The van der Waals surface area contributed by atoms with E-state index >= 15 is 0 Å². The lowest BCUT2D eigenvalue weighted by Gasteiger charge is -2.10. The summed E-state index contributed by atoms with van der Waals surface area (Å²) >= 11 is 8.20. The van der Waals surface area contributed by atoms with E-state index in [-0.39, 0.29) is 0 Å². The number of aryl methyl sites for hydroxylation is 2. The zero-order chi connectivity index (χ0) is 16.1. The molecule has 23 heavy (non-hydrogen) atoms. The molecule has 4 rings (SSSR count). The van der Waals surface area contributed by atoms with Crippen LogP contribution in [0.15, 0.2) is 29.3 Å². The van der Waals surface area contributed by atoms with Crippen molar-refractivity contribution in [2.24, 2.45) is 4.99 Å². The van der Waals surface area contributed by atoms with Crippen molar-refractivity contribution >= 4 is 28.6 Å². The summed E-state index contributed by atoms with van der Waals surface area (Å²) in [5.41, 5.74) is 4.29. The molecule has 2 aromatic heterocycles. The molecule has 0 unspecified atom stereocenters. The molecular weight excluding hydrogens is 328 g/mol. The molecule has 1 aliphatic rings. The van der Waals surface area contributed by atoms with Gasteiger partial charge in [0.1, 0.15) is 17.4 Å². The lowest BCUT2D eigenvalue weighted by Crippen LogP contribution is -2.07. The van der Waals surface area contributed by atoms with E-state index < -0.39 is 0 Å². The molecule has 0 radical (unpaired) electrons. The number of nitrogens with zero attached hydrogens (tertiary/aromatic N) is 4. The van der Waals surface area contributed by atoms with Gasteiger partial charge in [-0.25, -0.2) is 0 Å². The fourth-order valence-corrected chi connectivity index (χ4v) is 4.37. The van der Waals surface area contributed by atoms with Crippen LogP contribution in [0.5, 0.6) is 0 Å². The first kappa shape index (κ1) is 14.6. The number of benzene rings is 1. The molecule has 0 saturated carbocycles. The normalized spacial score (nSPS) is 13.3. The topological polar surface area (TPSA) is 43.1 Å². The van der Waals surface area contributed by atoms with Crippen LogP contribution in [0, 0.1) is 20.8 Å². The Morgan fingerprint density at radius 1 is 1.13 bits per heavy atom. The molecule has 1 aromatic carbocycles. The Balaban J connectivity index is 2.05. The van der Waals surface area contributed by atoms with Crippen molar-refractivity contribution in [2.75, 3.05) is 0 Å². The lowest BCUT2D eigenvalue weighted by atomic mass is 10.00. The molecule has 3 aromatic rings. The van der Waals surface area contributed by atoms with Crippen molar-refractivity contribution in [1.29, 1.82) is 0 Å². The highest BCUT2D eigenvalue weighted by Gasteiger charge is 2.27. The molecule has 0 aliphatic carbocycles. The predicted octanol–water partition coefficient (Wildman–Crippen LogP) is 4.26. The van der Waals surface area contributed by atoms with E-state index in [4.69, 9.17) is 16.6 Å². The summed E-state index contributed by atoms with van der Waals surface area (Å²) in [7, 11) is 0. The second-order valence-electron chi connectivity index (χ2n) is 5.61. The van der Waals surface area contributed by atoms with Crippen molar-refractivity contribution in [2.45, 2.75) is 27.3 Å². The highest BCUT2D eigenvalue weighted by atomic mass is 35.5. The third-order valence-corrected chi connectivity index (χ3v) is 5.73. The number of aliphatic imine (C=N–C) groups is 1. The number of hydrogen-bond acceptors (Lipinski definition) is 4. The Labute approximate surface area is 143 Å². The smallest absolute Gasteiger partial charge is 0.160 e. The SMILES string of the molecule is Cc1sc2c(c1C)C(c1ccccc1Cl)=NCc1nnc(C)n1-2. The fraction of sp³-hybridized carbons (Fsp3) is 0.235. The zero-order valence-electron chi connectivity index (χ0n) is 13.1. The summed E-state index contributed by atoms with van der Waals surface area (Å²) < 4.78 is 2.12. The third-order valence-electron chi connectivity index (χ3n) is 4.21. The number of fused-ring (bicyclic) bond motifs is 3. The Morgan fingerprint density at radius 2 is 1.91 bits per heavy atom. The molecule has 0 spiro atoms. The van der Waals surface area contributed by atoms with Gasteiger partial charge in [-0.2, -0.15) is 0 Å². The average Bonchev–Trinajstić information content (AvgIpc) is 2.97. The van der Waals surface area contributed by atoms with Crippen LogP contribution in [0.4, 0.5) is 0 Å². The summed E-state index contributed by atoms with van der Waals surface area (Å²) in [5.74, 6) is 1.75. The largest absolute Gasteiger partial charge is 0.276 e. The summed E-state index contributed by atoms with van der Waals surface area (Å²) in [6, 6.07) is 7.86. The molecular formula is C17H15ClN4S. The summed E-state index contributed by atoms with van der Waals surface area (Å²) in [6.07, 6.45) is 0. The molecule has 6 heteroatoms. The molecule has 1 aliphatic heterocycles. The van der Waals surface area contributed by atoms with Crippen molar-refractivity contribution < 1.29 is 0 Å². The van der Waals surface area contributed by atoms with Gasteiger partial charge in [-0.3, -0.25) is 9.56 Å². The van der Waals surface area contributed by atoms with Crippen LogP contribution in [0.2, 0.25) is 5.02 Å². The van der Waals surface area contributed by atoms with Gasteiger partial charge in [0.05, 0.1) is 5.71 Å². The van der Waals surface area contributed by atoms with Gasteiger partial charge in [0.25, 0.3) is 0 Å². The van der Waals surface area contributed by atoms with Crippen molar-refractivity contribution in [3.05, 3.63) is 62.5 Å². The maximum absolute atomic E-state index is 6.44. The third kappa shape index (κ3) is 2.15. The van der Waals surface area contributed by atoms with Crippen molar-refractivity contribution in [3.8, 4) is 5.00 Å². The summed E-state index contributed by atoms with van der Waals surface area (Å²) in [4.78, 5) is 6.11. The monoisotopic (exact) mass is 342 g/mol. The number of hydrogen-bond donors (Lipinski definition) is 0. The molecule has 0 bridgehead atoms. The van der Waals surface area contributed by atoms with E-state index in [2.05, 4.69) is 28.6 Å². The Hall–Kier alpha value is -1.98. The molecule has 0 saturated heterocycles. The van der Waals surface area contributed by atoms with Gasteiger partial charge in [-0.05, 0) is 32.4 Å². The van der Waals surface area contributed by atoms with Crippen LogP contribution in [0.3, 0.4) is 0 Å². The van der Waals surface area contributed by atoms with Crippen LogP contribution in [-0.2, 0) is 6.54 Å². The van der Waals surface area contributed by atoms with Crippen LogP contribution in [0.1, 0.15) is 33.2 Å². The van der Waals surface area contributed by atoms with E-state index in [1.54, 1.807) is 11.3 Å². The van der Waals surface area contributed by atoms with Gasteiger partial charge in [0.2, 0.25) is 0 Å². The fourth-order valence-electron chi connectivity index (χ4n) is 2.92. The van der Waals surface area contributed by atoms with Gasteiger partial charge < -0.3 is 0 Å². The first-order valence-electron chi connectivity index (χ1n) is 7.39. The van der Waals surface area contributed by atoms with Crippen LogP contribution in [0.25, 0.3) is 5.00 Å². The molecule has 3 heterocycles. The van der Waals surface area contributed by atoms with Crippen LogP contribution < -0.4 is 0 Å². The highest BCUT2D eigenvalue weighted by Crippen LogP contribution is 2.37. The van der Waals surface area contributed by atoms with Gasteiger partial charge in [-0.1, -0.05) is 29.8 Å². The number of halogens is 1. The zero-order valence-corrected chi connectivity index (χ0v) is 14.7.